The van der Waals surface area contributed by atoms with Gasteiger partial charge in [0.1, 0.15) is 5.75 Å². The van der Waals surface area contributed by atoms with E-state index in [1.54, 1.807) is 0 Å². The number of halogens is 1. The molecule has 3 aromatic rings. The number of hydrogen-bond donors (Lipinski definition) is 0. The van der Waals surface area contributed by atoms with Gasteiger partial charge in [0.25, 0.3) is 0 Å². The van der Waals surface area contributed by atoms with Crippen molar-refractivity contribution < 1.29 is 4.74 Å². The molecular weight excluding hydrogens is 388 g/mol. The SMILES string of the molecule is ClCCCCCOc1ccc(C2=C(c3ccccc3)CCCc3c[c]ccc32)cc1. The van der Waals surface area contributed by atoms with Gasteiger partial charge in [0.15, 0.2) is 0 Å². The molecule has 0 atom stereocenters. The Bertz CT molecular complexity index is 973. The van der Waals surface area contributed by atoms with Gasteiger partial charge in [0, 0.05) is 5.88 Å². The van der Waals surface area contributed by atoms with E-state index in [1.807, 2.05) is 6.07 Å². The molecule has 1 radical (unpaired) electrons. The second-order valence-electron chi connectivity index (χ2n) is 7.78. The van der Waals surface area contributed by atoms with Crippen LogP contribution in [0.15, 0.2) is 72.8 Å². The maximum absolute atomic E-state index is 5.94. The molecule has 1 nitrogen and oxygen atoms in total. The molecule has 0 aliphatic heterocycles. The smallest absolute Gasteiger partial charge is 0.119 e. The molecule has 0 saturated heterocycles. The molecule has 0 amide bonds. The molecule has 153 valence electrons. The van der Waals surface area contributed by atoms with Gasteiger partial charge in [-0.05, 0) is 90.1 Å². The van der Waals surface area contributed by atoms with Gasteiger partial charge >= 0.3 is 0 Å². The van der Waals surface area contributed by atoms with Gasteiger partial charge in [-0.15, -0.1) is 11.6 Å². The first-order valence-corrected chi connectivity index (χ1v) is 11.5. The number of fused-ring (bicyclic) bond motifs is 1. The Kier molecular flexibility index (Phi) is 7.26. The summed E-state index contributed by atoms with van der Waals surface area (Å²) in [7, 11) is 0. The van der Waals surface area contributed by atoms with Crippen molar-refractivity contribution in [2.45, 2.75) is 38.5 Å². The van der Waals surface area contributed by atoms with Crippen LogP contribution in [-0.4, -0.2) is 12.5 Å². The van der Waals surface area contributed by atoms with Crippen LogP contribution in [0.2, 0.25) is 0 Å². The lowest BCUT2D eigenvalue weighted by molar-refractivity contribution is 0.306. The van der Waals surface area contributed by atoms with Crippen molar-refractivity contribution in [3.05, 3.63) is 101 Å². The summed E-state index contributed by atoms with van der Waals surface area (Å²) in [6.45, 7) is 0.743. The van der Waals surface area contributed by atoms with Gasteiger partial charge in [-0.3, -0.25) is 0 Å². The minimum Gasteiger partial charge on any atom is -0.494 e. The summed E-state index contributed by atoms with van der Waals surface area (Å²) >= 11 is 5.75. The zero-order valence-corrected chi connectivity index (χ0v) is 18.1. The number of benzene rings is 3. The van der Waals surface area contributed by atoms with Crippen molar-refractivity contribution in [1.29, 1.82) is 0 Å². The average Bonchev–Trinajstić information content (AvgIpc) is 3.00. The minimum absolute atomic E-state index is 0.729. The summed E-state index contributed by atoms with van der Waals surface area (Å²) in [5, 5.41) is 0. The molecule has 30 heavy (non-hydrogen) atoms. The van der Waals surface area contributed by atoms with Gasteiger partial charge in [-0.2, -0.15) is 0 Å². The Morgan fingerprint density at radius 3 is 2.47 bits per heavy atom. The van der Waals surface area contributed by atoms with Crippen LogP contribution in [0, 0.1) is 6.07 Å². The Balaban J connectivity index is 1.67. The highest BCUT2D eigenvalue weighted by Crippen LogP contribution is 2.39. The van der Waals surface area contributed by atoms with Crippen LogP contribution in [-0.2, 0) is 6.42 Å². The maximum atomic E-state index is 5.94. The monoisotopic (exact) mass is 415 g/mol. The summed E-state index contributed by atoms with van der Waals surface area (Å²) < 4.78 is 5.94. The van der Waals surface area contributed by atoms with E-state index in [1.165, 1.54) is 33.4 Å². The van der Waals surface area contributed by atoms with Gasteiger partial charge in [-0.1, -0.05) is 60.7 Å². The Hall–Kier alpha value is -2.51. The third-order valence-electron chi connectivity index (χ3n) is 5.71. The van der Waals surface area contributed by atoms with Gasteiger partial charge in [-0.25, -0.2) is 0 Å². The fourth-order valence-electron chi connectivity index (χ4n) is 4.20. The quantitative estimate of drug-likeness (QED) is 0.272. The first-order valence-electron chi connectivity index (χ1n) is 10.9. The third kappa shape index (κ3) is 4.96. The van der Waals surface area contributed by atoms with Crippen molar-refractivity contribution in [1.82, 2.24) is 0 Å². The fourth-order valence-corrected chi connectivity index (χ4v) is 4.39. The van der Waals surface area contributed by atoms with Crippen LogP contribution < -0.4 is 4.74 Å². The largest absolute Gasteiger partial charge is 0.494 e. The van der Waals surface area contributed by atoms with Crippen molar-refractivity contribution in [2.75, 3.05) is 12.5 Å². The zero-order chi connectivity index (χ0) is 20.6. The summed E-state index contributed by atoms with van der Waals surface area (Å²) in [4.78, 5) is 0. The van der Waals surface area contributed by atoms with Crippen molar-refractivity contribution >= 4 is 22.7 Å². The molecule has 0 heterocycles. The van der Waals surface area contributed by atoms with E-state index in [-0.39, 0.29) is 0 Å². The standard InChI is InChI=1S/C28H28ClO/c29-20-7-2-8-21-30-25-18-16-24(17-19-25)28-26-14-6-5-12-23(26)13-9-15-27(28)22-10-3-1-4-11-22/h1,3-4,6,10-12,14,16-19H,2,7-9,13,15,20-21H2. The highest BCUT2D eigenvalue weighted by atomic mass is 35.5. The van der Waals surface area contributed by atoms with Crippen molar-refractivity contribution in [3.8, 4) is 5.75 Å². The van der Waals surface area contributed by atoms with E-state index < -0.39 is 0 Å². The third-order valence-corrected chi connectivity index (χ3v) is 5.97. The van der Waals surface area contributed by atoms with Crippen LogP contribution in [0.1, 0.15) is 54.4 Å². The number of rotatable bonds is 8. The van der Waals surface area contributed by atoms with Gasteiger partial charge in [0.2, 0.25) is 0 Å². The number of alkyl halides is 1. The Morgan fingerprint density at radius 1 is 0.833 bits per heavy atom. The lowest BCUT2D eigenvalue weighted by atomic mass is 9.88. The van der Waals surface area contributed by atoms with E-state index in [0.29, 0.717) is 0 Å². The predicted molar refractivity (Wildman–Crippen MR) is 127 cm³/mol. The van der Waals surface area contributed by atoms with E-state index in [2.05, 4.69) is 72.8 Å². The summed E-state index contributed by atoms with van der Waals surface area (Å²) in [6.07, 6.45) is 6.53. The number of aryl methyl sites for hydroxylation is 1. The molecule has 0 saturated carbocycles. The first kappa shape index (κ1) is 20.8. The fraction of sp³-hybridized carbons (Fsp3) is 0.286. The van der Waals surface area contributed by atoms with E-state index in [9.17, 15) is 0 Å². The van der Waals surface area contributed by atoms with Crippen molar-refractivity contribution in [3.63, 3.8) is 0 Å². The Labute approximate surface area is 185 Å². The molecule has 4 rings (SSSR count). The van der Waals surface area contributed by atoms with E-state index >= 15 is 0 Å². The molecule has 3 aromatic carbocycles. The molecule has 1 aliphatic rings. The number of hydrogen-bond acceptors (Lipinski definition) is 1. The second kappa shape index (κ2) is 10.5. The summed E-state index contributed by atoms with van der Waals surface area (Å²) in [6, 6.07) is 29.1. The molecule has 0 fully saturated rings. The van der Waals surface area contributed by atoms with E-state index in [0.717, 1.165) is 56.8 Å². The highest BCUT2D eigenvalue weighted by Gasteiger charge is 2.19. The normalized spacial score (nSPS) is 13.6. The van der Waals surface area contributed by atoms with E-state index in [4.69, 9.17) is 16.3 Å². The van der Waals surface area contributed by atoms with Crippen LogP contribution in [0.3, 0.4) is 0 Å². The van der Waals surface area contributed by atoms with Gasteiger partial charge < -0.3 is 4.74 Å². The molecule has 1 aliphatic carbocycles. The Morgan fingerprint density at radius 2 is 1.67 bits per heavy atom. The van der Waals surface area contributed by atoms with Crippen LogP contribution in [0.5, 0.6) is 5.75 Å². The lowest BCUT2D eigenvalue weighted by Crippen LogP contribution is -1.99. The zero-order valence-electron chi connectivity index (χ0n) is 17.4. The summed E-state index contributed by atoms with van der Waals surface area (Å²) in [5.41, 5.74) is 8.05. The van der Waals surface area contributed by atoms with Crippen LogP contribution >= 0.6 is 11.6 Å². The molecular formula is C28H28ClO. The minimum atomic E-state index is 0.729. The van der Waals surface area contributed by atoms with Crippen LogP contribution in [0.25, 0.3) is 11.1 Å². The molecule has 0 aromatic heterocycles. The second-order valence-corrected chi connectivity index (χ2v) is 8.16. The number of unbranched alkanes of at least 4 members (excludes halogenated alkanes) is 2. The molecule has 2 heteroatoms. The molecule has 0 N–H and O–H groups in total. The number of allylic oxidation sites excluding steroid dienone is 1. The summed E-state index contributed by atoms with van der Waals surface area (Å²) in [5.74, 6) is 1.66. The van der Waals surface area contributed by atoms with Crippen LogP contribution in [0.4, 0.5) is 0 Å². The predicted octanol–water partition coefficient (Wildman–Crippen LogP) is 7.57. The number of ether oxygens (including phenoxy) is 1. The topological polar surface area (TPSA) is 9.23 Å². The molecule has 0 spiro atoms. The molecule has 0 bridgehead atoms. The maximum Gasteiger partial charge on any atom is 0.119 e. The molecule has 0 unspecified atom stereocenters. The van der Waals surface area contributed by atoms with Gasteiger partial charge in [0.05, 0.1) is 6.61 Å². The first-order chi connectivity index (χ1) is 14.9. The van der Waals surface area contributed by atoms with Crippen molar-refractivity contribution in [2.24, 2.45) is 0 Å². The highest BCUT2D eigenvalue weighted by molar-refractivity contribution is 6.17. The lowest BCUT2D eigenvalue weighted by Gasteiger charge is -2.17. The average molecular weight is 416 g/mol.